The molecule has 1 amide bonds. The number of hydrazine groups is 1. The predicted octanol–water partition coefficient (Wildman–Crippen LogP) is 4.68. The SMILES string of the molecule is O=C(NNc1ccccc1C(F)(F)F)c1nnn(-c2ccc(Br)cc2)c1C1CC1. The Kier molecular flexibility index (Phi) is 5.03. The van der Waals surface area contributed by atoms with Gasteiger partial charge in [0, 0.05) is 10.4 Å². The van der Waals surface area contributed by atoms with Gasteiger partial charge in [-0.3, -0.25) is 15.6 Å². The van der Waals surface area contributed by atoms with Gasteiger partial charge in [-0.1, -0.05) is 33.3 Å². The number of hydrogen-bond donors (Lipinski definition) is 2. The molecule has 10 heteroatoms. The number of amides is 1. The van der Waals surface area contributed by atoms with Crippen LogP contribution in [0.2, 0.25) is 0 Å². The van der Waals surface area contributed by atoms with Crippen molar-refractivity contribution < 1.29 is 18.0 Å². The molecule has 2 N–H and O–H groups in total. The third-order valence-electron chi connectivity index (χ3n) is 4.50. The van der Waals surface area contributed by atoms with Crippen LogP contribution < -0.4 is 10.9 Å². The van der Waals surface area contributed by atoms with E-state index in [1.165, 1.54) is 18.2 Å². The summed E-state index contributed by atoms with van der Waals surface area (Å²) in [6, 6.07) is 12.3. The van der Waals surface area contributed by atoms with Crippen LogP contribution in [0.25, 0.3) is 5.69 Å². The molecule has 0 aliphatic heterocycles. The first kappa shape index (κ1) is 19.4. The van der Waals surface area contributed by atoms with E-state index in [4.69, 9.17) is 0 Å². The number of carbonyl (C=O) groups is 1. The molecule has 0 spiro atoms. The topological polar surface area (TPSA) is 71.8 Å². The van der Waals surface area contributed by atoms with E-state index >= 15 is 0 Å². The molecule has 2 aromatic carbocycles. The average molecular weight is 466 g/mol. The van der Waals surface area contributed by atoms with Crippen LogP contribution in [0.15, 0.2) is 53.0 Å². The summed E-state index contributed by atoms with van der Waals surface area (Å²) in [7, 11) is 0. The maximum atomic E-state index is 13.1. The highest BCUT2D eigenvalue weighted by Gasteiger charge is 2.35. The molecular formula is C19H15BrF3N5O. The highest BCUT2D eigenvalue weighted by molar-refractivity contribution is 9.10. The van der Waals surface area contributed by atoms with Crippen molar-refractivity contribution in [3.63, 3.8) is 0 Å². The van der Waals surface area contributed by atoms with Crippen LogP contribution in [0.4, 0.5) is 18.9 Å². The van der Waals surface area contributed by atoms with Gasteiger partial charge in [-0.05, 0) is 49.2 Å². The monoisotopic (exact) mass is 465 g/mol. The van der Waals surface area contributed by atoms with Crippen molar-refractivity contribution in [2.45, 2.75) is 24.9 Å². The lowest BCUT2D eigenvalue weighted by atomic mass is 10.2. The van der Waals surface area contributed by atoms with Gasteiger partial charge in [0.2, 0.25) is 0 Å². The lowest BCUT2D eigenvalue weighted by Crippen LogP contribution is -2.31. The third kappa shape index (κ3) is 4.12. The van der Waals surface area contributed by atoms with Gasteiger partial charge >= 0.3 is 6.18 Å². The molecule has 0 radical (unpaired) electrons. The third-order valence-corrected chi connectivity index (χ3v) is 5.03. The maximum Gasteiger partial charge on any atom is 0.418 e. The minimum Gasteiger partial charge on any atom is -0.298 e. The second kappa shape index (κ2) is 7.51. The molecule has 1 fully saturated rings. The quantitative estimate of drug-likeness (QED) is 0.536. The van der Waals surface area contributed by atoms with E-state index in [1.54, 1.807) is 4.68 Å². The zero-order valence-electron chi connectivity index (χ0n) is 14.9. The minimum absolute atomic E-state index is 0.0902. The van der Waals surface area contributed by atoms with Gasteiger partial charge < -0.3 is 0 Å². The number of hydrogen-bond acceptors (Lipinski definition) is 4. The summed E-state index contributed by atoms with van der Waals surface area (Å²) in [5, 5.41) is 8.08. The van der Waals surface area contributed by atoms with E-state index in [-0.39, 0.29) is 17.3 Å². The Morgan fingerprint density at radius 2 is 1.79 bits per heavy atom. The van der Waals surface area contributed by atoms with Gasteiger partial charge in [-0.25, -0.2) is 4.68 Å². The summed E-state index contributed by atoms with van der Waals surface area (Å²) in [5.74, 6) is -0.510. The zero-order chi connectivity index (χ0) is 20.6. The Bertz CT molecular complexity index is 1040. The summed E-state index contributed by atoms with van der Waals surface area (Å²) in [6.07, 6.45) is -2.75. The Hall–Kier alpha value is -2.88. The standard InChI is InChI=1S/C19H15BrF3N5O/c20-12-7-9-13(10-8-12)28-17(11-5-6-11)16(25-27-28)18(29)26-24-15-4-2-1-3-14(15)19(21,22)23/h1-4,7-11,24H,5-6H2,(H,26,29). The lowest BCUT2D eigenvalue weighted by molar-refractivity contribution is -0.137. The molecule has 1 heterocycles. The van der Waals surface area contributed by atoms with Gasteiger partial charge in [0.1, 0.15) is 0 Å². The van der Waals surface area contributed by atoms with Crippen LogP contribution in [0, 0.1) is 0 Å². The Morgan fingerprint density at radius 3 is 2.45 bits per heavy atom. The van der Waals surface area contributed by atoms with E-state index in [0.717, 1.165) is 29.1 Å². The average Bonchev–Trinajstić information content (AvgIpc) is 3.44. The van der Waals surface area contributed by atoms with Gasteiger partial charge in [0.15, 0.2) is 5.69 Å². The number of halogens is 4. The largest absolute Gasteiger partial charge is 0.418 e. The normalized spacial score (nSPS) is 13.9. The highest BCUT2D eigenvalue weighted by Crippen LogP contribution is 2.42. The lowest BCUT2D eigenvalue weighted by Gasteiger charge is -2.14. The zero-order valence-corrected chi connectivity index (χ0v) is 16.5. The molecule has 29 heavy (non-hydrogen) atoms. The number of alkyl halides is 3. The first-order valence-electron chi connectivity index (χ1n) is 8.78. The van der Waals surface area contributed by atoms with E-state index < -0.39 is 17.6 Å². The molecule has 1 aromatic heterocycles. The summed E-state index contributed by atoms with van der Waals surface area (Å²) >= 11 is 3.37. The van der Waals surface area contributed by atoms with Crippen LogP contribution in [-0.4, -0.2) is 20.9 Å². The van der Waals surface area contributed by atoms with Crippen LogP contribution in [-0.2, 0) is 6.18 Å². The van der Waals surface area contributed by atoms with Crippen molar-refractivity contribution >= 4 is 27.5 Å². The molecule has 150 valence electrons. The van der Waals surface area contributed by atoms with Crippen molar-refractivity contribution in [2.24, 2.45) is 0 Å². The van der Waals surface area contributed by atoms with E-state index in [9.17, 15) is 18.0 Å². The van der Waals surface area contributed by atoms with E-state index in [0.29, 0.717) is 5.69 Å². The molecule has 6 nitrogen and oxygen atoms in total. The number of rotatable bonds is 5. The van der Waals surface area contributed by atoms with E-state index in [1.807, 2.05) is 24.3 Å². The van der Waals surface area contributed by atoms with Gasteiger partial charge in [-0.15, -0.1) is 5.10 Å². The fourth-order valence-electron chi connectivity index (χ4n) is 2.97. The van der Waals surface area contributed by atoms with Crippen molar-refractivity contribution in [2.75, 3.05) is 5.43 Å². The van der Waals surface area contributed by atoms with E-state index in [2.05, 4.69) is 37.1 Å². The first-order chi connectivity index (χ1) is 13.8. The minimum atomic E-state index is -4.54. The number of para-hydroxylation sites is 1. The number of nitrogens with zero attached hydrogens (tertiary/aromatic N) is 3. The molecule has 1 aliphatic carbocycles. The molecule has 3 aromatic rings. The fourth-order valence-corrected chi connectivity index (χ4v) is 3.23. The maximum absolute atomic E-state index is 13.1. The van der Waals surface area contributed by atoms with Crippen LogP contribution in [0.3, 0.4) is 0 Å². The summed E-state index contributed by atoms with van der Waals surface area (Å²) in [4.78, 5) is 12.7. The predicted molar refractivity (Wildman–Crippen MR) is 104 cm³/mol. The Labute approximate surface area is 172 Å². The summed E-state index contributed by atoms with van der Waals surface area (Å²) in [6.45, 7) is 0. The second-order valence-corrected chi connectivity index (χ2v) is 7.52. The molecule has 0 saturated heterocycles. The second-order valence-electron chi connectivity index (χ2n) is 6.61. The number of nitrogens with one attached hydrogen (secondary N) is 2. The van der Waals surface area contributed by atoms with Crippen molar-refractivity contribution in [3.05, 3.63) is 70.0 Å². The molecule has 0 unspecified atom stereocenters. The van der Waals surface area contributed by atoms with Crippen molar-refractivity contribution in [1.82, 2.24) is 20.4 Å². The van der Waals surface area contributed by atoms with Crippen LogP contribution >= 0.6 is 15.9 Å². The highest BCUT2D eigenvalue weighted by atomic mass is 79.9. The molecule has 0 bridgehead atoms. The van der Waals surface area contributed by atoms with Crippen LogP contribution in [0.1, 0.15) is 40.5 Å². The smallest absolute Gasteiger partial charge is 0.298 e. The summed E-state index contributed by atoms with van der Waals surface area (Å²) < 4.78 is 41.8. The Balaban J connectivity index is 1.58. The van der Waals surface area contributed by atoms with Crippen molar-refractivity contribution in [1.29, 1.82) is 0 Å². The molecule has 1 saturated carbocycles. The number of aromatic nitrogens is 3. The Morgan fingerprint density at radius 1 is 1.10 bits per heavy atom. The number of benzene rings is 2. The van der Waals surface area contributed by atoms with Crippen LogP contribution in [0.5, 0.6) is 0 Å². The number of carbonyl (C=O) groups excluding carboxylic acids is 1. The number of anilines is 1. The van der Waals surface area contributed by atoms with Gasteiger partial charge in [0.05, 0.1) is 22.6 Å². The molecule has 0 atom stereocenters. The van der Waals surface area contributed by atoms with Gasteiger partial charge in [-0.2, -0.15) is 13.2 Å². The fraction of sp³-hybridized carbons (Fsp3) is 0.211. The first-order valence-corrected chi connectivity index (χ1v) is 9.58. The molecule has 4 rings (SSSR count). The van der Waals surface area contributed by atoms with Gasteiger partial charge in [0.25, 0.3) is 5.91 Å². The molecular weight excluding hydrogens is 451 g/mol. The molecule has 1 aliphatic rings. The van der Waals surface area contributed by atoms with Crippen molar-refractivity contribution in [3.8, 4) is 5.69 Å². The summed E-state index contributed by atoms with van der Waals surface area (Å²) in [5.41, 5.74) is 5.03.